The summed E-state index contributed by atoms with van der Waals surface area (Å²) in [6.07, 6.45) is 17.0. The third kappa shape index (κ3) is 10.9. The number of aliphatic hydroxyl groups is 1. The van der Waals surface area contributed by atoms with Gasteiger partial charge in [-0.3, -0.25) is 9.59 Å². The number of Topliss-reactive ketones (excluding diaryl/α,β-unsaturated/α-hetero) is 1. The number of halogens is 2. The molecule has 0 amide bonds. The van der Waals surface area contributed by atoms with Gasteiger partial charge in [0.2, 0.25) is 0 Å². The Bertz CT molecular complexity index is 2100. The number of hydrogen-bond donors (Lipinski definition) is 1. The van der Waals surface area contributed by atoms with E-state index in [-0.39, 0.29) is 52.3 Å². The third-order valence-corrected chi connectivity index (χ3v) is 12.0. The van der Waals surface area contributed by atoms with E-state index in [0.29, 0.717) is 54.4 Å². The summed E-state index contributed by atoms with van der Waals surface area (Å²) in [4.78, 5) is 27.9. The lowest BCUT2D eigenvalue weighted by molar-refractivity contribution is -0.113. The van der Waals surface area contributed by atoms with Gasteiger partial charge in [-0.05, 0) is 165 Å². The number of ketones is 2. The number of carbonyl (C=O) groups excluding carboxylic acids is 2. The molecule has 6 heteroatoms. The van der Waals surface area contributed by atoms with Crippen LogP contribution >= 0.6 is 0 Å². The van der Waals surface area contributed by atoms with Crippen molar-refractivity contribution in [1.29, 1.82) is 0 Å². The molecule has 3 aliphatic rings. The largest absolute Gasteiger partial charge is 0.374 e. The molecule has 1 N–H and O–H groups in total. The van der Waals surface area contributed by atoms with Gasteiger partial charge in [-0.15, -0.1) is 5.73 Å². The van der Waals surface area contributed by atoms with Crippen LogP contribution in [0.3, 0.4) is 0 Å². The summed E-state index contributed by atoms with van der Waals surface area (Å²) < 4.78 is 33.7. The maximum absolute atomic E-state index is 17.5. The molecular formula is C52H65F2NO3. The van der Waals surface area contributed by atoms with E-state index in [4.69, 9.17) is 0 Å². The van der Waals surface area contributed by atoms with Gasteiger partial charge in [0.25, 0.3) is 0 Å². The Balaban J connectivity index is 2.15. The number of carbonyl (C=O) groups is 2. The second kappa shape index (κ2) is 20.4. The fourth-order valence-corrected chi connectivity index (χ4v) is 8.64. The van der Waals surface area contributed by atoms with Gasteiger partial charge in [0, 0.05) is 29.8 Å². The predicted octanol–water partition coefficient (Wildman–Crippen LogP) is 13.1. The zero-order chi connectivity index (χ0) is 43.0. The first kappa shape index (κ1) is 46.1. The average molecular weight is 790 g/mol. The maximum Gasteiger partial charge on any atom is 0.180 e. The van der Waals surface area contributed by atoms with E-state index >= 15 is 8.78 Å². The molecule has 0 radical (unpaired) electrons. The first-order valence-corrected chi connectivity index (χ1v) is 21.0. The Labute approximate surface area is 347 Å². The number of aliphatic hydroxyl groups excluding tert-OH is 1. The van der Waals surface area contributed by atoms with Crippen LogP contribution in [0.5, 0.6) is 0 Å². The van der Waals surface area contributed by atoms with Crippen LogP contribution in [0.1, 0.15) is 119 Å². The minimum Gasteiger partial charge on any atom is -0.374 e. The standard InChI is InChI=1S/C52H65F2NO3/c1-13-48(57)35(8)23-21-33(6)29-40(27-31(2)3)50(36(9)38(11)56)44-30-46(54)43-25-24-42(44)37(10)51-41(32(4)5)18-14-15-20-47(51)55(12)49(58)26-22-34(7)28-39-17-16-19-45(53)52(39)43/h13,15-20,23,25,28,30-33,37,40,49,58H,1,21-22,24,26-27,29H2,2-12H3/b34-28-,35-23-,50-36-/t33-,37?,40?,49?/m0/s1. The number of nitrogens with zero attached hydrogens (tertiary/aromatic N) is 1. The molecule has 2 aliphatic carbocycles. The highest BCUT2D eigenvalue weighted by atomic mass is 19.1. The first-order valence-electron chi connectivity index (χ1n) is 21.0. The van der Waals surface area contributed by atoms with Crippen LogP contribution in [0, 0.1) is 35.4 Å². The molecule has 1 aromatic carbocycles. The quantitative estimate of drug-likeness (QED) is 0.169. The first-order chi connectivity index (χ1) is 27.4. The number of likely N-dealkylation sites (N-methyl/N-ethyl adjacent to an activating group) is 1. The molecule has 0 spiro atoms. The van der Waals surface area contributed by atoms with Gasteiger partial charge in [0.1, 0.15) is 17.9 Å². The van der Waals surface area contributed by atoms with Crippen molar-refractivity contribution in [1.82, 2.24) is 4.90 Å². The number of allylic oxidation sites excluding steroid dienone is 16. The lowest BCUT2D eigenvalue weighted by atomic mass is 9.73. The van der Waals surface area contributed by atoms with Gasteiger partial charge in [-0.2, -0.15) is 0 Å². The van der Waals surface area contributed by atoms with E-state index in [1.807, 2.05) is 68.3 Å². The summed E-state index contributed by atoms with van der Waals surface area (Å²) in [5, 5.41) is 11.8. The highest BCUT2D eigenvalue weighted by molar-refractivity contribution is 6.03. The van der Waals surface area contributed by atoms with E-state index in [0.717, 1.165) is 40.0 Å². The lowest BCUT2D eigenvalue weighted by Gasteiger charge is -2.35. The van der Waals surface area contributed by atoms with Crippen LogP contribution in [0.2, 0.25) is 0 Å². The summed E-state index contributed by atoms with van der Waals surface area (Å²) in [6, 6.07) is 4.83. The van der Waals surface area contributed by atoms with Crippen molar-refractivity contribution in [2.24, 2.45) is 29.6 Å². The van der Waals surface area contributed by atoms with Crippen molar-refractivity contribution in [3.63, 3.8) is 0 Å². The van der Waals surface area contributed by atoms with E-state index in [1.54, 1.807) is 26.0 Å². The Morgan fingerprint density at radius 3 is 2.41 bits per heavy atom. The maximum atomic E-state index is 17.5. The van der Waals surface area contributed by atoms with Gasteiger partial charge >= 0.3 is 0 Å². The second-order valence-electron chi connectivity index (χ2n) is 17.3. The Morgan fingerprint density at radius 1 is 1.07 bits per heavy atom. The topological polar surface area (TPSA) is 57.6 Å². The van der Waals surface area contributed by atoms with Crippen molar-refractivity contribution in [2.45, 2.75) is 114 Å². The van der Waals surface area contributed by atoms with E-state index < -0.39 is 17.9 Å². The van der Waals surface area contributed by atoms with E-state index in [1.165, 1.54) is 12.1 Å². The fourth-order valence-electron chi connectivity index (χ4n) is 8.64. The van der Waals surface area contributed by atoms with Gasteiger partial charge < -0.3 is 10.0 Å². The van der Waals surface area contributed by atoms with Crippen LogP contribution in [0.25, 0.3) is 11.6 Å². The summed E-state index contributed by atoms with van der Waals surface area (Å²) in [5.74, 6) is -1.29. The molecule has 58 heavy (non-hydrogen) atoms. The Morgan fingerprint density at radius 2 is 1.78 bits per heavy atom. The average Bonchev–Trinajstić information content (AvgIpc) is 3.49. The van der Waals surface area contributed by atoms with Crippen LogP contribution in [0.15, 0.2) is 129 Å². The molecule has 4 nitrogen and oxygen atoms in total. The van der Waals surface area contributed by atoms with Crippen molar-refractivity contribution >= 4 is 23.2 Å². The molecule has 0 saturated heterocycles. The van der Waals surface area contributed by atoms with Crippen molar-refractivity contribution < 1.29 is 23.5 Å². The van der Waals surface area contributed by atoms with E-state index in [2.05, 4.69) is 53.9 Å². The molecular weight excluding hydrogens is 725 g/mol. The zero-order valence-corrected chi connectivity index (χ0v) is 36.7. The Kier molecular flexibility index (Phi) is 16.2. The molecule has 3 unspecified atom stereocenters. The highest BCUT2D eigenvalue weighted by Gasteiger charge is 2.34. The van der Waals surface area contributed by atoms with Crippen molar-refractivity contribution in [2.75, 3.05) is 7.05 Å². The van der Waals surface area contributed by atoms with Crippen LogP contribution in [0.4, 0.5) is 8.78 Å². The summed E-state index contributed by atoms with van der Waals surface area (Å²) >= 11 is 0. The SMILES string of the molecule is C=CC(=O)/C(C)=C\C[C@H](C)CC(CC(C)C)/C(C1=C2CC=C(C(F)=C1)c1c(F)cccc1/C=C(/C)CCC(O)N(C)C1=CC=C=CC(C(C)C)=C1C2C)=C(\C)C(C)=O. The van der Waals surface area contributed by atoms with Gasteiger partial charge in [0.05, 0.1) is 0 Å². The number of fused-ring (bicyclic) bond motifs is 5. The minimum absolute atomic E-state index is 0.0832. The smallest absolute Gasteiger partial charge is 0.180 e. The van der Waals surface area contributed by atoms with Crippen molar-refractivity contribution in [3.8, 4) is 0 Å². The predicted molar refractivity (Wildman–Crippen MR) is 237 cm³/mol. The lowest BCUT2D eigenvalue weighted by Crippen LogP contribution is -2.33. The number of benzene rings is 1. The third-order valence-electron chi connectivity index (χ3n) is 12.0. The minimum atomic E-state index is -0.827. The molecule has 1 aliphatic heterocycles. The number of rotatable bonds is 12. The molecule has 4 rings (SSSR count). The molecule has 2 bridgehead atoms. The fraction of sp³-hybridized carbons (Fsp3) is 0.442. The normalized spacial score (nSPS) is 21.7. The van der Waals surface area contributed by atoms with E-state index in [9.17, 15) is 14.7 Å². The van der Waals surface area contributed by atoms with Crippen molar-refractivity contribution in [3.05, 3.63) is 146 Å². The second-order valence-corrected chi connectivity index (χ2v) is 17.3. The molecule has 0 fully saturated rings. The zero-order valence-electron chi connectivity index (χ0n) is 36.7. The molecule has 0 aromatic heterocycles. The molecule has 4 atom stereocenters. The van der Waals surface area contributed by atoms with Crippen LogP contribution in [-0.2, 0) is 9.59 Å². The Hall–Kier alpha value is -4.64. The molecule has 310 valence electrons. The van der Waals surface area contributed by atoms with Crippen LogP contribution in [-0.4, -0.2) is 34.8 Å². The molecule has 0 saturated carbocycles. The van der Waals surface area contributed by atoms with Crippen LogP contribution < -0.4 is 0 Å². The summed E-state index contributed by atoms with van der Waals surface area (Å²) in [5.41, 5.74) is 11.7. The number of hydrogen-bond acceptors (Lipinski definition) is 4. The van der Waals surface area contributed by atoms with Gasteiger partial charge in [-0.1, -0.05) is 89.6 Å². The summed E-state index contributed by atoms with van der Waals surface area (Å²) in [6.45, 7) is 23.7. The molecule has 1 heterocycles. The van der Waals surface area contributed by atoms with Gasteiger partial charge in [-0.25, -0.2) is 8.78 Å². The highest BCUT2D eigenvalue weighted by Crippen LogP contribution is 2.46. The molecule has 1 aromatic rings. The van der Waals surface area contributed by atoms with Gasteiger partial charge in [0.15, 0.2) is 11.6 Å². The summed E-state index contributed by atoms with van der Waals surface area (Å²) in [7, 11) is 1.91. The monoisotopic (exact) mass is 789 g/mol.